The van der Waals surface area contributed by atoms with E-state index in [0.29, 0.717) is 24.8 Å². The summed E-state index contributed by atoms with van der Waals surface area (Å²) in [7, 11) is 1.64. The molecular weight excluding hydrogens is 320 g/mol. The van der Waals surface area contributed by atoms with Crippen LogP contribution in [0.15, 0.2) is 47.0 Å². The zero-order chi connectivity index (χ0) is 17.2. The normalized spacial score (nSPS) is 11.3. The second-order valence-electron chi connectivity index (χ2n) is 5.59. The van der Waals surface area contributed by atoms with Crippen LogP contribution in [0.3, 0.4) is 0 Å². The first-order valence-electron chi connectivity index (χ1n) is 8.04. The van der Waals surface area contributed by atoms with Gasteiger partial charge >= 0.3 is 0 Å². The highest BCUT2D eigenvalue weighted by atomic mass is 16.5. The Labute approximate surface area is 144 Å². The van der Waals surface area contributed by atoms with E-state index in [1.165, 1.54) is 0 Å². The molecular formula is C18H18N4O3. The molecule has 0 spiro atoms. The lowest BCUT2D eigenvalue weighted by atomic mass is 10.2. The van der Waals surface area contributed by atoms with Gasteiger partial charge in [-0.15, -0.1) is 5.10 Å². The third-order valence-corrected chi connectivity index (χ3v) is 3.91. The first-order chi connectivity index (χ1) is 12.3. The Morgan fingerprint density at radius 1 is 1.20 bits per heavy atom. The van der Waals surface area contributed by atoms with Crippen molar-refractivity contribution in [2.24, 2.45) is 5.73 Å². The molecule has 3 aromatic heterocycles. The molecule has 0 amide bonds. The molecule has 3 heterocycles. The topological polar surface area (TPSA) is 87.8 Å². The van der Waals surface area contributed by atoms with Gasteiger partial charge in [-0.25, -0.2) is 9.50 Å². The molecule has 4 aromatic rings. The molecule has 25 heavy (non-hydrogen) atoms. The number of nitrogens with zero attached hydrogens (tertiary/aromatic N) is 3. The Morgan fingerprint density at radius 2 is 2.12 bits per heavy atom. The molecule has 4 rings (SSSR count). The summed E-state index contributed by atoms with van der Waals surface area (Å²) in [6, 6.07) is 11.3. The average molecular weight is 338 g/mol. The molecule has 0 fully saturated rings. The van der Waals surface area contributed by atoms with Crippen LogP contribution >= 0.6 is 0 Å². The highest BCUT2D eigenvalue weighted by Crippen LogP contribution is 2.30. The van der Waals surface area contributed by atoms with Crippen LogP contribution in [0.2, 0.25) is 0 Å². The average Bonchev–Trinajstić information content (AvgIpc) is 3.24. The Balaban J connectivity index is 1.74. The second-order valence-corrected chi connectivity index (χ2v) is 5.59. The molecule has 0 bridgehead atoms. The van der Waals surface area contributed by atoms with Gasteiger partial charge in [0, 0.05) is 11.5 Å². The SMILES string of the molecule is COc1ccc2oc(-c3cnc4ccc(OCCCN)nn34)cc2c1. The third kappa shape index (κ3) is 2.89. The lowest BCUT2D eigenvalue weighted by Crippen LogP contribution is -2.07. The van der Waals surface area contributed by atoms with Crippen LogP contribution in [0.5, 0.6) is 11.6 Å². The van der Waals surface area contributed by atoms with Gasteiger partial charge in [0.15, 0.2) is 11.4 Å². The Hall–Kier alpha value is -3.06. The lowest BCUT2D eigenvalue weighted by Gasteiger charge is -2.05. The quantitative estimate of drug-likeness (QED) is 0.544. The number of furan rings is 1. The fraction of sp³-hybridized carbons (Fsp3) is 0.222. The molecule has 0 saturated carbocycles. The number of nitrogens with two attached hydrogens (primary N) is 1. The minimum absolute atomic E-state index is 0.526. The summed E-state index contributed by atoms with van der Waals surface area (Å²) in [5.41, 5.74) is 7.75. The van der Waals surface area contributed by atoms with Crippen LogP contribution in [0, 0.1) is 0 Å². The standard InChI is InChI=1S/C18H18N4O3/c1-23-13-3-4-15-12(9-13)10-16(25-15)14-11-20-17-5-6-18(21-22(14)17)24-8-2-7-19/h3-6,9-11H,2,7-8,19H2,1H3. The summed E-state index contributed by atoms with van der Waals surface area (Å²) >= 11 is 0. The van der Waals surface area contributed by atoms with Crippen molar-refractivity contribution in [1.29, 1.82) is 0 Å². The van der Waals surface area contributed by atoms with Gasteiger partial charge in [0.05, 0.1) is 19.9 Å². The number of aromatic nitrogens is 3. The van der Waals surface area contributed by atoms with Gasteiger partial charge in [-0.05, 0) is 43.3 Å². The molecule has 0 aliphatic carbocycles. The molecule has 0 aliphatic rings. The summed E-state index contributed by atoms with van der Waals surface area (Å²) < 4.78 is 18.5. The Morgan fingerprint density at radius 3 is 2.96 bits per heavy atom. The van der Waals surface area contributed by atoms with E-state index in [9.17, 15) is 0 Å². The van der Waals surface area contributed by atoms with Crippen molar-refractivity contribution in [3.63, 3.8) is 0 Å². The van der Waals surface area contributed by atoms with E-state index in [4.69, 9.17) is 19.6 Å². The summed E-state index contributed by atoms with van der Waals surface area (Å²) in [4.78, 5) is 4.38. The van der Waals surface area contributed by atoms with Crippen LogP contribution in [-0.2, 0) is 0 Å². The van der Waals surface area contributed by atoms with Gasteiger partial charge in [-0.3, -0.25) is 0 Å². The highest BCUT2D eigenvalue weighted by Gasteiger charge is 2.13. The third-order valence-electron chi connectivity index (χ3n) is 3.91. The van der Waals surface area contributed by atoms with E-state index in [1.54, 1.807) is 23.9 Å². The number of benzene rings is 1. The molecule has 0 unspecified atom stereocenters. The molecule has 7 nitrogen and oxygen atoms in total. The second kappa shape index (κ2) is 6.45. The maximum atomic E-state index is 5.94. The predicted molar refractivity (Wildman–Crippen MR) is 93.9 cm³/mol. The van der Waals surface area contributed by atoms with Crippen molar-refractivity contribution >= 4 is 16.6 Å². The summed E-state index contributed by atoms with van der Waals surface area (Å²) in [6.45, 7) is 1.12. The maximum absolute atomic E-state index is 5.94. The monoisotopic (exact) mass is 338 g/mol. The highest BCUT2D eigenvalue weighted by molar-refractivity contribution is 5.83. The van der Waals surface area contributed by atoms with Gasteiger partial charge in [0.1, 0.15) is 17.0 Å². The van der Waals surface area contributed by atoms with Crippen molar-refractivity contribution in [3.8, 4) is 23.1 Å². The van der Waals surface area contributed by atoms with Gasteiger partial charge in [0.2, 0.25) is 5.88 Å². The van der Waals surface area contributed by atoms with Crippen molar-refractivity contribution in [2.75, 3.05) is 20.3 Å². The summed E-state index contributed by atoms with van der Waals surface area (Å²) in [5, 5.41) is 5.45. The number of ether oxygens (including phenoxy) is 2. The molecule has 7 heteroatoms. The van der Waals surface area contributed by atoms with Crippen molar-refractivity contribution in [3.05, 3.63) is 42.6 Å². The van der Waals surface area contributed by atoms with E-state index in [1.807, 2.05) is 30.3 Å². The van der Waals surface area contributed by atoms with E-state index in [0.717, 1.165) is 34.5 Å². The molecule has 0 aliphatic heterocycles. The molecule has 0 saturated heterocycles. The zero-order valence-electron chi connectivity index (χ0n) is 13.8. The molecule has 128 valence electrons. The molecule has 0 atom stereocenters. The Kier molecular flexibility index (Phi) is 3.99. The van der Waals surface area contributed by atoms with E-state index >= 15 is 0 Å². The van der Waals surface area contributed by atoms with Crippen LogP contribution < -0.4 is 15.2 Å². The molecule has 0 radical (unpaired) electrons. The van der Waals surface area contributed by atoms with E-state index in [2.05, 4.69) is 10.1 Å². The summed E-state index contributed by atoms with van der Waals surface area (Å²) in [5.74, 6) is 1.99. The first kappa shape index (κ1) is 15.5. The predicted octanol–water partition coefficient (Wildman–Crippen LogP) is 2.88. The van der Waals surface area contributed by atoms with Crippen molar-refractivity contribution < 1.29 is 13.9 Å². The molecule has 2 N–H and O–H groups in total. The van der Waals surface area contributed by atoms with Crippen LogP contribution in [-0.4, -0.2) is 34.9 Å². The maximum Gasteiger partial charge on any atom is 0.231 e. The smallest absolute Gasteiger partial charge is 0.231 e. The zero-order valence-corrected chi connectivity index (χ0v) is 13.8. The minimum atomic E-state index is 0.526. The van der Waals surface area contributed by atoms with Gasteiger partial charge in [0.25, 0.3) is 0 Å². The van der Waals surface area contributed by atoms with Gasteiger partial charge in [-0.1, -0.05) is 0 Å². The van der Waals surface area contributed by atoms with Crippen LogP contribution in [0.1, 0.15) is 6.42 Å². The van der Waals surface area contributed by atoms with Gasteiger partial charge in [-0.2, -0.15) is 0 Å². The fourth-order valence-electron chi connectivity index (χ4n) is 2.64. The number of rotatable bonds is 6. The number of hydrogen-bond donors (Lipinski definition) is 1. The fourth-order valence-corrected chi connectivity index (χ4v) is 2.64. The molecule has 1 aromatic carbocycles. The number of fused-ring (bicyclic) bond motifs is 2. The van der Waals surface area contributed by atoms with Crippen LogP contribution in [0.25, 0.3) is 28.1 Å². The Bertz CT molecular complexity index is 1020. The largest absolute Gasteiger partial charge is 0.497 e. The van der Waals surface area contributed by atoms with E-state index in [-0.39, 0.29) is 0 Å². The minimum Gasteiger partial charge on any atom is -0.497 e. The lowest BCUT2D eigenvalue weighted by molar-refractivity contribution is 0.297. The number of methoxy groups -OCH3 is 1. The number of hydrogen-bond acceptors (Lipinski definition) is 6. The van der Waals surface area contributed by atoms with Gasteiger partial charge < -0.3 is 19.6 Å². The van der Waals surface area contributed by atoms with Crippen LogP contribution in [0.4, 0.5) is 0 Å². The first-order valence-corrected chi connectivity index (χ1v) is 8.04. The summed E-state index contributed by atoms with van der Waals surface area (Å²) in [6.07, 6.45) is 2.52. The number of imidazole rings is 1. The van der Waals surface area contributed by atoms with E-state index < -0.39 is 0 Å². The van der Waals surface area contributed by atoms with Crippen molar-refractivity contribution in [2.45, 2.75) is 6.42 Å². The van der Waals surface area contributed by atoms with Crippen molar-refractivity contribution in [1.82, 2.24) is 14.6 Å².